The number of amides is 1. The number of nitrogens with zero attached hydrogens (tertiary/aromatic N) is 1. The van der Waals surface area contributed by atoms with Crippen LogP contribution in [-0.4, -0.2) is 32.3 Å². The predicted molar refractivity (Wildman–Crippen MR) is 109 cm³/mol. The van der Waals surface area contributed by atoms with Crippen LogP contribution in [0.25, 0.3) is 0 Å². The zero-order valence-corrected chi connectivity index (χ0v) is 17.3. The van der Waals surface area contributed by atoms with Gasteiger partial charge in [0.2, 0.25) is 15.9 Å². The third-order valence-corrected chi connectivity index (χ3v) is 6.62. The van der Waals surface area contributed by atoms with Crippen LogP contribution in [0.1, 0.15) is 31.4 Å². The Morgan fingerprint density at radius 3 is 2.50 bits per heavy atom. The van der Waals surface area contributed by atoms with Crippen molar-refractivity contribution in [2.45, 2.75) is 38.1 Å². The molecule has 0 spiro atoms. The summed E-state index contributed by atoms with van der Waals surface area (Å²) < 4.78 is 32.6. The third kappa shape index (κ3) is 4.54. The molecular weight excluding hydrogens is 376 g/mol. The van der Waals surface area contributed by atoms with E-state index in [2.05, 4.69) is 5.32 Å². The second kappa shape index (κ2) is 8.32. The molecule has 0 saturated carbocycles. The first kappa shape index (κ1) is 20.4. The number of fused-ring (bicyclic) bond motifs is 1. The highest BCUT2D eigenvalue weighted by Gasteiger charge is 2.28. The first-order chi connectivity index (χ1) is 13.3. The number of benzene rings is 2. The van der Waals surface area contributed by atoms with Crippen LogP contribution in [0.15, 0.2) is 47.4 Å². The van der Waals surface area contributed by atoms with Gasteiger partial charge in [-0.2, -0.15) is 4.31 Å². The first-order valence-corrected chi connectivity index (χ1v) is 10.8. The maximum atomic E-state index is 13.0. The molecule has 0 aromatic heterocycles. The Morgan fingerprint density at radius 1 is 1.14 bits per heavy atom. The molecule has 1 amide bonds. The van der Waals surface area contributed by atoms with E-state index in [1.807, 2.05) is 32.0 Å². The van der Waals surface area contributed by atoms with Crippen molar-refractivity contribution < 1.29 is 17.9 Å². The Labute approximate surface area is 166 Å². The Hall–Kier alpha value is -2.38. The fraction of sp³-hybridized carbons (Fsp3) is 0.381. The lowest BCUT2D eigenvalue weighted by Gasteiger charge is -2.28. The van der Waals surface area contributed by atoms with Crippen LogP contribution in [0.4, 0.5) is 5.69 Å². The van der Waals surface area contributed by atoms with Crippen LogP contribution in [0.2, 0.25) is 0 Å². The molecule has 150 valence electrons. The van der Waals surface area contributed by atoms with Gasteiger partial charge in [-0.15, -0.1) is 0 Å². The van der Waals surface area contributed by atoms with Crippen molar-refractivity contribution >= 4 is 21.6 Å². The maximum absolute atomic E-state index is 13.0. The molecule has 0 bridgehead atoms. The average molecular weight is 403 g/mol. The number of carbonyl (C=O) groups excluding carboxylic acids is 1. The van der Waals surface area contributed by atoms with Gasteiger partial charge in [0, 0.05) is 25.2 Å². The average Bonchev–Trinajstić information content (AvgIpc) is 2.66. The summed E-state index contributed by atoms with van der Waals surface area (Å²) in [5.74, 6) is 0.862. The summed E-state index contributed by atoms with van der Waals surface area (Å²) in [6, 6.07) is 12.1. The number of nitrogens with one attached hydrogen (secondary N) is 1. The molecule has 0 fully saturated rings. The summed E-state index contributed by atoms with van der Waals surface area (Å²) in [5.41, 5.74) is 2.74. The lowest BCUT2D eigenvalue weighted by Crippen LogP contribution is -2.36. The summed E-state index contributed by atoms with van der Waals surface area (Å²) >= 11 is 0. The lowest BCUT2D eigenvalue weighted by atomic mass is 10.0. The van der Waals surface area contributed by atoms with E-state index in [1.165, 1.54) is 4.31 Å². The summed E-state index contributed by atoms with van der Waals surface area (Å²) in [7, 11) is -2.05. The van der Waals surface area contributed by atoms with E-state index in [-0.39, 0.29) is 23.3 Å². The van der Waals surface area contributed by atoms with Crippen molar-refractivity contribution in [3.63, 3.8) is 0 Å². The number of methoxy groups -OCH3 is 1. The molecule has 2 aromatic rings. The van der Waals surface area contributed by atoms with E-state index in [0.29, 0.717) is 30.8 Å². The van der Waals surface area contributed by atoms with Crippen molar-refractivity contribution in [2.24, 2.45) is 5.92 Å². The van der Waals surface area contributed by atoms with Crippen LogP contribution in [0, 0.1) is 5.92 Å². The standard InChI is InChI=1S/C21H26N2O4S/c1-15(2)12-21(24)22-18-5-4-16-10-11-23(14-17(16)13-18)28(25,26)20-8-6-19(27-3)7-9-20/h4-9,13,15H,10-12,14H2,1-3H3,(H,22,24). The Morgan fingerprint density at radius 2 is 1.86 bits per heavy atom. The van der Waals surface area contributed by atoms with E-state index in [9.17, 15) is 13.2 Å². The SMILES string of the molecule is COc1ccc(S(=O)(=O)N2CCc3ccc(NC(=O)CC(C)C)cc3C2)cc1. The molecule has 0 atom stereocenters. The second-order valence-corrected chi connectivity index (χ2v) is 9.33. The van der Waals surface area contributed by atoms with E-state index in [1.54, 1.807) is 31.4 Å². The number of hydrogen-bond donors (Lipinski definition) is 1. The van der Waals surface area contributed by atoms with Crippen molar-refractivity contribution in [1.29, 1.82) is 0 Å². The van der Waals surface area contributed by atoms with E-state index in [0.717, 1.165) is 11.1 Å². The monoisotopic (exact) mass is 402 g/mol. The molecule has 1 aliphatic heterocycles. The molecule has 1 N–H and O–H groups in total. The minimum atomic E-state index is -3.59. The van der Waals surface area contributed by atoms with Crippen LogP contribution in [0.5, 0.6) is 5.75 Å². The zero-order chi connectivity index (χ0) is 20.3. The van der Waals surface area contributed by atoms with E-state index >= 15 is 0 Å². The van der Waals surface area contributed by atoms with Crippen LogP contribution >= 0.6 is 0 Å². The van der Waals surface area contributed by atoms with Gasteiger partial charge >= 0.3 is 0 Å². The fourth-order valence-corrected chi connectivity index (χ4v) is 4.71. The van der Waals surface area contributed by atoms with Crippen molar-refractivity contribution in [1.82, 2.24) is 4.31 Å². The summed E-state index contributed by atoms with van der Waals surface area (Å²) in [5, 5.41) is 2.90. The van der Waals surface area contributed by atoms with Crippen LogP contribution < -0.4 is 10.1 Å². The highest BCUT2D eigenvalue weighted by Crippen LogP contribution is 2.28. The zero-order valence-electron chi connectivity index (χ0n) is 16.4. The van der Waals surface area contributed by atoms with Gasteiger partial charge in [-0.3, -0.25) is 4.79 Å². The number of rotatable bonds is 6. The number of hydrogen-bond acceptors (Lipinski definition) is 4. The molecule has 3 rings (SSSR count). The van der Waals surface area contributed by atoms with E-state index < -0.39 is 10.0 Å². The highest BCUT2D eigenvalue weighted by molar-refractivity contribution is 7.89. The predicted octanol–water partition coefficient (Wildman–Crippen LogP) is 3.43. The Balaban J connectivity index is 1.78. The molecule has 0 saturated heterocycles. The van der Waals surface area contributed by atoms with Gasteiger partial charge in [0.25, 0.3) is 0 Å². The Kier molecular flexibility index (Phi) is 6.05. The van der Waals surface area contributed by atoms with Crippen LogP contribution in [-0.2, 0) is 27.8 Å². The summed E-state index contributed by atoms with van der Waals surface area (Å²) in [6.07, 6.45) is 1.10. The van der Waals surface area contributed by atoms with Crippen molar-refractivity contribution in [3.8, 4) is 5.75 Å². The molecule has 2 aromatic carbocycles. The molecule has 1 aliphatic rings. The molecule has 0 aliphatic carbocycles. The van der Waals surface area contributed by atoms with Gasteiger partial charge in [0.05, 0.1) is 12.0 Å². The van der Waals surface area contributed by atoms with E-state index in [4.69, 9.17) is 4.74 Å². The molecule has 6 nitrogen and oxygen atoms in total. The number of sulfonamides is 1. The van der Waals surface area contributed by atoms with Gasteiger partial charge in [0.15, 0.2) is 0 Å². The highest BCUT2D eigenvalue weighted by atomic mass is 32.2. The Bertz CT molecular complexity index is 953. The molecule has 28 heavy (non-hydrogen) atoms. The second-order valence-electron chi connectivity index (χ2n) is 7.39. The van der Waals surface area contributed by atoms with Gasteiger partial charge in [-0.1, -0.05) is 19.9 Å². The molecular formula is C21H26N2O4S. The molecule has 0 unspecified atom stereocenters. The normalized spacial score (nSPS) is 14.6. The molecule has 7 heteroatoms. The molecule has 1 heterocycles. The van der Waals surface area contributed by atoms with Gasteiger partial charge < -0.3 is 10.1 Å². The summed E-state index contributed by atoms with van der Waals surface area (Å²) in [6.45, 7) is 4.71. The smallest absolute Gasteiger partial charge is 0.243 e. The topological polar surface area (TPSA) is 75.7 Å². The third-order valence-electron chi connectivity index (χ3n) is 4.76. The number of ether oxygens (including phenoxy) is 1. The van der Waals surface area contributed by atoms with Gasteiger partial charge in [-0.25, -0.2) is 8.42 Å². The molecule has 0 radical (unpaired) electrons. The maximum Gasteiger partial charge on any atom is 0.243 e. The van der Waals surface area contributed by atoms with Crippen molar-refractivity contribution in [2.75, 3.05) is 19.0 Å². The minimum Gasteiger partial charge on any atom is -0.497 e. The largest absolute Gasteiger partial charge is 0.497 e. The van der Waals surface area contributed by atoms with Gasteiger partial charge in [0.1, 0.15) is 5.75 Å². The summed E-state index contributed by atoms with van der Waals surface area (Å²) in [4.78, 5) is 12.3. The first-order valence-electron chi connectivity index (χ1n) is 9.35. The number of carbonyl (C=O) groups is 1. The van der Waals surface area contributed by atoms with Crippen LogP contribution in [0.3, 0.4) is 0 Å². The quantitative estimate of drug-likeness (QED) is 0.803. The fourth-order valence-electron chi connectivity index (χ4n) is 3.29. The van der Waals surface area contributed by atoms with Crippen molar-refractivity contribution in [3.05, 3.63) is 53.6 Å². The minimum absolute atomic E-state index is 0.0338. The number of anilines is 1. The van der Waals surface area contributed by atoms with Gasteiger partial charge in [-0.05, 0) is 59.9 Å². The lowest BCUT2D eigenvalue weighted by molar-refractivity contribution is -0.116.